The molecule has 1 aliphatic rings. The Hall–Kier alpha value is -0.540. The minimum Gasteiger partial charge on any atom is -0.313 e. The maximum absolute atomic E-state index is 4.31. The smallest absolute Gasteiger partial charge is 0.0960 e. The van der Waals surface area contributed by atoms with Gasteiger partial charge in [0.05, 0.1) is 5.03 Å². The highest BCUT2D eigenvalue weighted by atomic mass is 32.2. The second-order valence-corrected chi connectivity index (χ2v) is 6.05. The summed E-state index contributed by atoms with van der Waals surface area (Å²) in [5.74, 6) is 2.02. The van der Waals surface area contributed by atoms with Gasteiger partial charge in [0.1, 0.15) is 0 Å². The molecule has 94 valence electrons. The third kappa shape index (κ3) is 4.68. The number of aromatic nitrogens is 1. The number of nitrogens with one attached hydrogen (secondary N) is 1. The van der Waals surface area contributed by atoms with Gasteiger partial charge in [0.2, 0.25) is 0 Å². The topological polar surface area (TPSA) is 24.9 Å². The predicted octanol–water partition coefficient (Wildman–Crippen LogP) is 3.34. The van der Waals surface area contributed by atoms with Crippen LogP contribution in [0.3, 0.4) is 0 Å². The molecule has 1 fully saturated rings. The van der Waals surface area contributed by atoms with E-state index in [1.165, 1.54) is 25.7 Å². The van der Waals surface area contributed by atoms with Crippen molar-refractivity contribution in [3.05, 3.63) is 24.4 Å². The van der Waals surface area contributed by atoms with Crippen LogP contribution < -0.4 is 5.32 Å². The minimum atomic E-state index is 0.753. The van der Waals surface area contributed by atoms with Gasteiger partial charge in [0, 0.05) is 24.5 Å². The Balaban J connectivity index is 1.60. The van der Waals surface area contributed by atoms with Crippen LogP contribution in [0.1, 0.15) is 32.6 Å². The normalized spacial score (nSPS) is 24.8. The molecule has 1 aromatic heterocycles. The molecule has 1 aliphatic carbocycles. The summed E-state index contributed by atoms with van der Waals surface area (Å²) in [6.45, 7) is 3.47. The van der Waals surface area contributed by atoms with E-state index in [-0.39, 0.29) is 0 Å². The fourth-order valence-electron chi connectivity index (χ4n) is 2.47. The van der Waals surface area contributed by atoms with Gasteiger partial charge in [-0.15, -0.1) is 11.8 Å². The molecule has 0 aliphatic heterocycles. The highest BCUT2D eigenvalue weighted by Gasteiger charge is 2.17. The number of hydrogen-bond donors (Lipinski definition) is 1. The van der Waals surface area contributed by atoms with Crippen LogP contribution in [-0.4, -0.2) is 23.3 Å². The van der Waals surface area contributed by atoms with Gasteiger partial charge in [-0.2, -0.15) is 0 Å². The van der Waals surface area contributed by atoms with Crippen LogP contribution >= 0.6 is 11.8 Å². The van der Waals surface area contributed by atoms with Gasteiger partial charge in [0.15, 0.2) is 0 Å². The van der Waals surface area contributed by atoms with Gasteiger partial charge in [0.25, 0.3) is 0 Å². The van der Waals surface area contributed by atoms with Crippen molar-refractivity contribution in [1.82, 2.24) is 10.3 Å². The van der Waals surface area contributed by atoms with E-state index in [9.17, 15) is 0 Å². The molecule has 1 aromatic rings. The van der Waals surface area contributed by atoms with Gasteiger partial charge in [-0.25, -0.2) is 4.98 Å². The van der Waals surface area contributed by atoms with E-state index in [4.69, 9.17) is 0 Å². The van der Waals surface area contributed by atoms with E-state index in [0.29, 0.717) is 0 Å². The largest absolute Gasteiger partial charge is 0.313 e. The van der Waals surface area contributed by atoms with Crippen molar-refractivity contribution in [1.29, 1.82) is 0 Å². The molecule has 0 saturated heterocycles. The van der Waals surface area contributed by atoms with Crippen molar-refractivity contribution in [2.24, 2.45) is 5.92 Å². The zero-order valence-corrected chi connectivity index (χ0v) is 11.4. The number of rotatable bonds is 5. The number of hydrogen-bond acceptors (Lipinski definition) is 3. The summed E-state index contributed by atoms with van der Waals surface area (Å²) < 4.78 is 0. The lowest BCUT2D eigenvalue weighted by Gasteiger charge is -2.27. The summed E-state index contributed by atoms with van der Waals surface area (Å²) >= 11 is 1.84. The average Bonchev–Trinajstić information content (AvgIpc) is 2.36. The van der Waals surface area contributed by atoms with Crippen molar-refractivity contribution >= 4 is 11.8 Å². The van der Waals surface area contributed by atoms with Gasteiger partial charge in [-0.3, -0.25) is 0 Å². The first kappa shape index (κ1) is 12.9. The third-order valence-electron chi connectivity index (χ3n) is 3.36. The maximum Gasteiger partial charge on any atom is 0.0960 e. The Kier molecular flexibility index (Phi) is 5.33. The zero-order chi connectivity index (χ0) is 11.9. The van der Waals surface area contributed by atoms with E-state index < -0.39 is 0 Å². The summed E-state index contributed by atoms with van der Waals surface area (Å²) in [6, 6.07) is 6.84. The summed E-state index contributed by atoms with van der Waals surface area (Å²) in [6.07, 6.45) is 7.39. The zero-order valence-electron chi connectivity index (χ0n) is 10.6. The number of pyridine rings is 1. The molecule has 17 heavy (non-hydrogen) atoms. The molecule has 0 radical (unpaired) electrons. The van der Waals surface area contributed by atoms with E-state index in [0.717, 1.165) is 29.3 Å². The summed E-state index contributed by atoms with van der Waals surface area (Å²) in [5.41, 5.74) is 0. The van der Waals surface area contributed by atoms with Crippen molar-refractivity contribution in [3.8, 4) is 0 Å². The molecule has 1 N–H and O–H groups in total. The monoisotopic (exact) mass is 250 g/mol. The Morgan fingerprint density at radius 2 is 2.35 bits per heavy atom. The molecular weight excluding hydrogens is 228 g/mol. The fourth-order valence-corrected chi connectivity index (χ4v) is 3.21. The van der Waals surface area contributed by atoms with Crippen LogP contribution in [-0.2, 0) is 0 Å². The van der Waals surface area contributed by atoms with Crippen LogP contribution in [0.4, 0.5) is 0 Å². The highest BCUT2D eigenvalue weighted by Crippen LogP contribution is 2.23. The van der Waals surface area contributed by atoms with Crippen molar-refractivity contribution in [3.63, 3.8) is 0 Å². The standard InChI is InChI=1S/C14H22N2S/c1-12-5-4-6-13(11-12)15-9-10-17-14-7-2-3-8-16-14/h2-3,7-8,12-13,15H,4-6,9-11H2,1H3. The SMILES string of the molecule is CC1CCCC(NCCSc2ccccn2)C1. The van der Waals surface area contributed by atoms with E-state index in [1.54, 1.807) is 0 Å². The molecule has 0 bridgehead atoms. The first-order chi connectivity index (χ1) is 8.34. The Labute approximate surface area is 109 Å². The summed E-state index contributed by atoms with van der Waals surface area (Å²) in [4.78, 5) is 4.31. The van der Waals surface area contributed by atoms with Crippen molar-refractivity contribution < 1.29 is 0 Å². The third-order valence-corrected chi connectivity index (χ3v) is 4.30. The lowest BCUT2D eigenvalue weighted by molar-refractivity contribution is 0.306. The minimum absolute atomic E-state index is 0.753. The lowest BCUT2D eigenvalue weighted by Crippen LogP contribution is -2.34. The van der Waals surface area contributed by atoms with Crippen LogP contribution in [0.5, 0.6) is 0 Å². The second kappa shape index (κ2) is 7.02. The lowest BCUT2D eigenvalue weighted by atomic mass is 9.87. The van der Waals surface area contributed by atoms with Gasteiger partial charge >= 0.3 is 0 Å². The number of nitrogens with zero attached hydrogens (tertiary/aromatic N) is 1. The molecule has 0 aromatic carbocycles. The first-order valence-corrected chi connectivity index (χ1v) is 7.60. The second-order valence-electron chi connectivity index (χ2n) is 4.94. The molecule has 2 nitrogen and oxygen atoms in total. The number of thioether (sulfide) groups is 1. The quantitative estimate of drug-likeness (QED) is 0.641. The van der Waals surface area contributed by atoms with Crippen LogP contribution in [0.25, 0.3) is 0 Å². The first-order valence-electron chi connectivity index (χ1n) is 6.62. The van der Waals surface area contributed by atoms with Crippen LogP contribution in [0.15, 0.2) is 29.4 Å². The molecule has 1 heterocycles. The molecular formula is C14H22N2S. The van der Waals surface area contributed by atoms with Gasteiger partial charge < -0.3 is 5.32 Å². The Morgan fingerprint density at radius 1 is 1.41 bits per heavy atom. The molecule has 0 amide bonds. The van der Waals surface area contributed by atoms with Crippen molar-refractivity contribution in [2.45, 2.75) is 43.7 Å². The molecule has 0 spiro atoms. The van der Waals surface area contributed by atoms with E-state index in [2.05, 4.69) is 23.3 Å². The van der Waals surface area contributed by atoms with Crippen molar-refractivity contribution in [2.75, 3.05) is 12.3 Å². The van der Waals surface area contributed by atoms with Gasteiger partial charge in [-0.1, -0.05) is 25.8 Å². The fraction of sp³-hybridized carbons (Fsp3) is 0.643. The molecule has 2 rings (SSSR count). The molecule has 3 heteroatoms. The predicted molar refractivity (Wildman–Crippen MR) is 74.4 cm³/mol. The summed E-state index contributed by atoms with van der Waals surface area (Å²) in [5, 5.41) is 4.80. The average molecular weight is 250 g/mol. The summed E-state index contributed by atoms with van der Waals surface area (Å²) in [7, 11) is 0. The molecule has 2 unspecified atom stereocenters. The Bertz CT molecular complexity index is 315. The van der Waals surface area contributed by atoms with E-state index >= 15 is 0 Å². The van der Waals surface area contributed by atoms with Gasteiger partial charge in [-0.05, 0) is 30.9 Å². The maximum atomic E-state index is 4.31. The van der Waals surface area contributed by atoms with E-state index in [1.807, 2.05) is 30.1 Å². The van der Waals surface area contributed by atoms with Crippen LogP contribution in [0.2, 0.25) is 0 Å². The highest BCUT2D eigenvalue weighted by molar-refractivity contribution is 7.99. The Morgan fingerprint density at radius 3 is 3.12 bits per heavy atom. The molecule has 1 saturated carbocycles. The van der Waals surface area contributed by atoms with Crippen LogP contribution in [0, 0.1) is 5.92 Å². The molecule has 2 atom stereocenters.